The van der Waals surface area contributed by atoms with Crippen LogP contribution in [0.25, 0.3) is 10.2 Å². The third-order valence-electron chi connectivity index (χ3n) is 4.05. The van der Waals surface area contributed by atoms with Crippen LogP contribution >= 0.6 is 22.9 Å². The zero-order valence-corrected chi connectivity index (χ0v) is 13.5. The van der Waals surface area contributed by atoms with Gasteiger partial charge in [-0.1, -0.05) is 16.6 Å². The summed E-state index contributed by atoms with van der Waals surface area (Å²) < 4.78 is 5.34. The molecule has 2 aromatic heterocycles. The fraction of sp³-hybridized carbons (Fsp3) is 0.400. The Labute approximate surface area is 131 Å². The topological polar surface area (TPSA) is 41.9 Å². The maximum atomic E-state index is 4.85. The number of hydrogen-bond donors (Lipinski definition) is 0. The smallest absolute Gasteiger partial charge is 0.111 e. The van der Waals surface area contributed by atoms with Crippen molar-refractivity contribution >= 4 is 33.1 Å². The normalized spacial score (nSPS) is 19.6. The van der Waals surface area contributed by atoms with Crippen molar-refractivity contribution in [1.82, 2.24) is 19.5 Å². The molecule has 0 bridgehead atoms. The number of aryl methyl sites for hydroxylation is 1. The van der Waals surface area contributed by atoms with Gasteiger partial charge in [0.1, 0.15) is 5.01 Å². The number of thiazole rings is 1. The molecule has 3 heterocycles. The maximum absolute atomic E-state index is 4.85. The Kier molecular flexibility index (Phi) is 3.45. The number of fused-ring (bicyclic) bond motifs is 1. The van der Waals surface area contributed by atoms with E-state index < -0.39 is 0 Å². The van der Waals surface area contributed by atoms with Gasteiger partial charge in [0.2, 0.25) is 0 Å². The molecule has 0 spiro atoms. The van der Waals surface area contributed by atoms with Crippen LogP contribution in [0.4, 0.5) is 0 Å². The Balaban J connectivity index is 1.62. The van der Waals surface area contributed by atoms with Crippen molar-refractivity contribution in [2.45, 2.75) is 32.4 Å². The van der Waals surface area contributed by atoms with Crippen molar-refractivity contribution < 1.29 is 0 Å². The maximum Gasteiger partial charge on any atom is 0.111 e. The second-order valence-corrected chi connectivity index (χ2v) is 7.33. The SMILES string of the molecule is Cc1nnsc1CN1CCC[C@H]1c1nc2ccccc2s1. The van der Waals surface area contributed by atoms with Crippen molar-refractivity contribution in [2.75, 3.05) is 6.54 Å². The summed E-state index contributed by atoms with van der Waals surface area (Å²) in [6.45, 7) is 4.13. The predicted molar refractivity (Wildman–Crippen MR) is 86.7 cm³/mol. The molecule has 3 aromatic rings. The van der Waals surface area contributed by atoms with E-state index in [2.05, 4.69) is 38.8 Å². The van der Waals surface area contributed by atoms with E-state index in [0.717, 1.165) is 24.3 Å². The van der Waals surface area contributed by atoms with E-state index in [1.807, 2.05) is 18.3 Å². The van der Waals surface area contributed by atoms with Crippen LogP contribution in [0.5, 0.6) is 0 Å². The summed E-state index contributed by atoms with van der Waals surface area (Å²) in [5.41, 5.74) is 2.19. The minimum atomic E-state index is 0.448. The summed E-state index contributed by atoms with van der Waals surface area (Å²) in [5, 5.41) is 5.37. The lowest BCUT2D eigenvalue weighted by Crippen LogP contribution is -2.22. The minimum Gasteiger partial charge on any atom is -0.289 e. The van der Waals surface area contributed by atoms with E-state index >= 15 is 0 Å². The molecule has 4 rings (SSSR count). The highest BCUT2D eigenvalue weighted by atomic mass is 32.1. The second-order valence-electron chi connectivity index (χ2n) is 5.43. The Morgan fingerprint density at radius 2 is 2.24 bits per heavy atom. The summed E-state index contributed by atoms with van der Waals surface area (Å²) in [6.07, 6.45) is 2.44. The molecule has 1 aliphatic rings. The Hall–Kier alpha value is -1.37. The molecule has 21 heavy (non-hydrogen) atoms. The molecule has 1 fully saturated rings. The highest BCUT2D eigenvalue weighted by molar-refractivity contribution is 7.18. The van der Waals surface area contributed by atoms with Crippen LogP contribution in [0.15, 0.2) is 24.3 Å². The van der Waals surface area contributed by atoms with Crippen LogP contribution in [0.3, 0.4) is 0 Å². The summed E-state index contributed by atoms with van der Waals surface area (Å²) in [7, 11) is 0. The molecule has 0 saturated carbocycles. The molecule has 0 N–H and O–H groups in total. The molecule has 0 radical (unpaired) electrons. The van der Waals surface area contributed by atoms with E-state index in [1.165, 1.54) is 39.0 Å². The van der Waals surface area contributed by atoms with Crippen LogP contribution in [0.2, 0.25) is 0 Å². The van der Waals surface area contributed by atoms with Gasteiger partial charge in [-0.2, -0.15) is 0 Å². The highest BCUT2D eigenvalue weighted by Crippen LogP contribution is 2.37. The lowest BCUT2D eigenvalue weighted by atomic mass is 10.2. The Bertz CT molecular complexity index is 731. The van der Waals surface area contributed by atoms with Gasteiger partial charge in [0, 0.05) is 6.54 Å². The first-order valence-corrected chi connectivity index (χ1v) is 8.77. The summed E-state index contributed by atoms with van der Waals surface area (Å²) in [4.78, 5) is 8.65. The van der Waals surface area contributed by atoms with Crippen LogP contribution in [0, 0.1) is 6.92 Å². The van der Waals surface area contributed by atoms with Crippen LogP contribution in [-0.2, 0) is 6.54 Å². The van der Waals surface area contributed by atoms with Crippen molar-refractivity contribution in [1.29, 1.82) is 0 Å². The largest absolute Gasteiger partial charge is 0.289 e. The number of hydrogen-bond acceptors (Lipinski definition) is 6. The number of aromatic nitrogens is 3. The fourth-order valence-corrected chi connectivity index (χ4v) is 4.70. The van der Waals surface area contributed by atoms with Gasteiger partial charge in [-0.25, -0.2) is 4.98 Å². The summed E-state index contributed by atoms with van der Waals surface area (Å²) >= 11 is 3.35. The van der Waals surface area contributed by atoms with Gasteiger partial charge in [0.15, 0.2) is 0 Å². The molecule has 108 valence electrons. The van der Waals surface area contributed by atoms with Gasteiger partial charge >= 0.3 is 0 Å². The van der Waals surface area contributed by atoms with Crippen molar-refractivity contribution in [3.05, 3.63) is 39.8 Å². The number of benzene rings is 1. The first-order valence-electron chi connectivity index (χ1n) is 7.18. The molecule has 1 saturated heterocycles. The first-order chi connectivity index (χ1) is 10.3. The zero-order chi connectivity index (χ0) is 14.2. The Morgan fingerprint density at radius 1 is 1.33 bits per heavy atom. The number of para-hydroxylation sites is 1. The van der Waals surface area contributed by atoms with E-state index in [0.29, 0.717) is 6.04 Å². The second kappa shape index (κ2) is 5.44. The monoisotopic (exact) mass is 316 g/mol. The molecular weight excluding hydrogens is 300 g/mol. The molecule has 1 aliphatic heterocycles. The number of nitrogens with zero attached hydrogens (tertiary/aromatic N) is 4. The summed E-state index contributed by atoms with van der Waals surface area (Å²) in [5.74, 6) is 0. The lowest BCUT2D eigenvalue weighted by Gasteiger charge is -2.21. The third-order valence-corrected chi connectivity index (χ3v) is 6.00. The van der Waals surface area contributed by atoms with Crippen LogP contribution in [0.1, 0.15) is 34.5 Å². The lowest BCUT2D eigenvalue weighted by molar-refractivity contribution is 0.250. The van der Waals surface area contributed by atoms with Crippen LogP contribution in [-0.4, -0.2) is 26.0 Å². The molecule has 0 aliphatic carbocycles. The van der Waals surface area contributed by atoms with Crippen molar-refractivity contribution in [3.63, 3.8) is 0 Å². The standard InChI is InChI=1S/C15H16N4S2/c1-10-14(21-18-17-10)9-19-8-4-6-12(19)15-16-11-5-2-3-7-13(11)20-15/h2-3,5,7,12H,4,6,8-9H2,1H3/t12-/m0/s1. The molecular formula is C15H16N4S2. The quantitative estimate of drug-likeness (QED) is 0.737. The van der Waals surface area contributed by atoms with Gasteiger partial charge in [0.25, 0.3) is 0 Å². The minimum absolute atomic E-state index is 0.448. The fourth-order valence-electron chi connectivity index (χ4n) is 2.91. The van der Waals surface area contributed by atoms with Gasteiger partial charge < -0.3 is 0 Å². The van der Waals surface area contributed by atoms with Gasteiger partial charge in [0.05, 0.1) is 26.8 Å². The van der Waals surface area contributed by atoms with E-state index in [1.54, 1.807) is 0 Å². The van der Waals surface area contributed by atoms with Crippen LogP contribution < -0.4 is 0 Å². The van der Waals surface area contributed by atoms with Gasteiger partial charge in [-0.05, 0) is 50.0 Å². The molecule has 0 amide bonds. The third kappa shape index (κ3) is 2.47. The molecule has 6 heteroatoms. The zero-order valence-electron chi connectivity index (χ0n) is 11.8. The molecule has 1 atom stereocenters. The molecule has 4 nitrogen and oxygen atoms in total. The Morgan fingerprint density at radius 3 is 3.05 bits per heavy atom. The van der Waals surface area contributed by atoms with Crippen molar-refractivity contribution in [3.8, 4) is 0 Å². The molecule has 1 aromatic carbocycles. The van der Waals surface area contributed by atoms with Gasteiger partial charge in [-0.3, -0.25) is 4.90 Å². The first kappa shape index (κ1) is 13.3. The van der Waals surface area contributed by atoms with E-state index in [-0.39, 0.29) is 0 Å². The number of likely N-dealkylation sites (tertiary alicyclic amines) is 1. The summed E-state index contributed by atoms with van der Waals surface area (Å²) in [6, 6.07) is 8.86. The predicted octanol–water partition coefficient (Wildman–Crippen LogP) is 3.79. The van der Waals surface area contributed by atoms with E-state index in [4.69, 9.17) is 4.98 Å². The van der Waals surface area contributed by atoms with Crippen molar-refractivity contribution in [2.24, 2.45) is 0 Å². The average molecular weight is 316 g/mol. The van der Waals surface area contributed by atoms with Gasteiger partial charge in [-0.15, -0.1) is 16.4 Å². The van der Waals surface area contributed by atoms with E-state index in [9.17, 15) is 0 Å². The highest BCUT2D eigenvalue weighted by Gasteiger charge is 2.29. The average Bonchev–Trinajstić information content (AvgIpc) is 3.19. The number of rotatable bonds is 3. The molecule has 0 unspecified atom stereocenters.